The van der Waals surface area contributed by atoms with Crippen molar-refractivity contribution in [1.82, 2.24) is 10.2 Å². The van der Waals surface area contributed by atoms with Gasteiger partial charge in [0, 0.05) is 19.0 Å². The Morgan fingerprint density at radius 3 is 2.58 bits per heavy atom. The molecule has 1 unspecified atom stereocenters. The van der Waals surface area contributed by atoms with E-state index in [1.165, 1.54) is 5.56 Å². The van der Waals surface area contributed by atoms with E-state index in [0.717, 1.165) is 32.2 Å². The number of carbonyl (C=O) groups is 2. The fraction of sp³-hybridized carbons (Fsp3) is 0.600. The third kappa shape index (κ3) is 5.99. The minimum absolute atomic E-state index is 0.0455. The third-order valence-electron chi connectivity index (χ3n) is 4.43. The number of hydrogen-bond acceptors (Lipinski definition) is 2. The largest absolute Gasteiger partial charge is 0.347 e. The van der Waals surface area contributed by atoms with Gasteiger partial charge in [0.15, 0.2) is 0 Å². The van der Waals surface area contributed by atoms with Crippen molar-refractivity contribution < 1.29 is 9.59 Å². The van der Waals surface area contributed by atoms with Crippen LogP contribution in [0.2, 0.25) is 0 Å². The first-order valence-corrected chi connectivity index (χ1v) is 8.95. The number of hydrogen-bond donors (Lipinski definition) is 1. The number of rotatable bonds is 6. The van der Waals surface area contributed by atoms with Gasteiger partial charge in [-0.05, 0) is 36.7 Å². The van der Waals surface area contributed by atoms with Gasteiger partial charge in [-0.3, -0.25) is 9.59 Å². The molecule has 0 aliphatic carbocycles. The molecule has 2 rings (SSSR count). The normalized spacial score (nSPS) is 17.8. The molecular weight excluding hydrogens is 300 g/mol. The highest BCUT2D eigenvalue weighted by molar-refractivity contribution is 5.85. The summed E-state index contributed by atoms with van der Waals surface area (Å²) in [6.07, 6.45) is 4.55. The average molecular weight is 330 g/mol. The van der Waals surface area contributed by atoms with E-state index < -0.39 is 0 Å². The van der Waals surface area contributed by atoms with Gasteiger partial charge in [0.2, 0.25) is 11.8 Å². The molecule has 4 heteroatoms. The number of likely N-dealkylation sites (tertiary alicyclic amines) is 1. The summed E-state index contributed by atoms with van der Waals surface area (Å²) >= 11 is 0. The Labute approximate surface area is 145 Å². The summed E-state index contributed by atoms with van der Waals surface area (Å²) in [5, 5.41) is 2.78. The van der Waals surface area contributed by atoms with Crippen LogP contribution in [0.25, 0.3) is 0 Å². The van der Waals surface area contributed by atoms with Gasteiger partial charge < -0.3 is 10.2 Å². The maximum absolute atomic E-state index is 12.4. The summed E-state index contributed by atoms with van der Waals surface area (Å²) in [7, 11) is 0. The van der Waals surface area contributed by atoms with Crippen LogP contribution in [0.3, 0.4) is 0 Å². The van der Waals surface area contributed by atoms with Crippen molar-refractivity contribution in [3.8, 4) is 0 Å². The van der Waals surface area contributed by atoms with E-state index >= 15 is 0 Å². The first-order valence-electron chi connectivity index (χ1n) is 8.95. The van der Waals surface area contributed by atoms with E-state index in [4.69, 9.17) is 0 Å². The van der Waals surface area contributed by atoms with Crippen LogP contribution in [0.1, 0.15) is 52.0 Å². The maximum atomic E-state index is 12.4. The fourth-order valence-corrected chi connectivity index (χ4v) is 3.26. The van der Waals surface area contributed by atoms with Crippen molar-refractivity contribution in [2.45, 2.75) is 58.9 Å². The molecule has 24 heavy (non-hydrogen) atoms. The molecule has 2 amide bonds. The van der Waals surface area contributed by atoms with Crippen molar-refractivity contribution >= 4 is 11.8 Å². The van der Waals surface area contributed by atoms with Crippen LogP contribution in [-0.2, 0) is 16.0 Å². The number of aryl methyl sites for hydroxylation is 1. The lowest BCUT2D eigenvalue weighted by molar-refractivity contribution is -0.134. The molecule has 1 heterocycles. The van der Waals surface area contributed by atoms with Crippen molar-refractivity contribution in [3.05, 3.63) is 35.9 Å². The minimum atomic E-state index is -0.0566. The fourth-order valence-electron chi connectivity index (χ4n) is 3.26. The molecular formula is C20H30N2O2. The molecule has 1 fully saturated rings. The molecule has 0 radical (unpaired) electrons. The Bertz CT molecular complexity index is 549. The molecule has 132 valence electrons. The summed E-state index contributed by atoms with van der Waals surface area (Å²) in [6, 6.07) is 10.7. The second kappa shape index (κ2) is 8.32. The SMILES string of the molecule is CC(C)(C)CC(=O)NCC(=O)N1CCCC1CCc1ccccc1. The quantitative estimate of drug-likeness (QED) is 0.871. The molecule has 4 nitrogen and oxygen atoms in total. The van der Waals surface area contributed by atoms with Gasteiger partial charge >= 0.3 is 0 Å². The van der Waals surface area contributed by atoms with Crippen LogP contribution in [-0.4, -0.2) is 35.8 Å². The van der Waals surface area contributed by atoms with Crippen molar-refractivity contribution in [2.75, 3.05) is 13.1 Å². The minimum Gasteiger partial charge on any atom is -0.347 e. The van der Waals surface area contributed by atoms with Crippen LogP contribution in [0.5, 0.6) is 0 Å². The van der Waals surface area contributed by atoms with Gasteiger partial charge in [-0.1, -0.05) is 51.1 Å². The predicted molar refractivity (Wildman–Crippen MR) is 96.6 cm³/mol. The summed E-state index contributed by atoms with van der Waals surface area (Å²) in [5.41, 5.74) is 1.26. The highest BCUT2D eigenvalue weighted by Crippen LogP contribution is 2.22. The summed E-state index contributed by atoms with van der Waals surface area (Å²) in [5.74, 6) is 0.00343. The van der Waals surface area contributed by atoms with Crippen LogP contribution in [0, 0.1) is 5.41 Å². The Balaban J connectivity index is 1.79. The molecule has 1 atom stereocenters. The zero-order chi connectivity index (χ0) is 17.6. The molecule has 1 aromatic rings. The Kier molecular flexibility index (Phi) is 6.41. The van der Waals surface area contributed by atoms with Crippen LogP contribution in [0.4, 0.5) is 0 Å². The van der Waals surface area contributed by atoms with E-state index in [2.05, 4.69) is 29.6 Å². The lowest BCUT2D eigenvalue weighted by Crippen LogP contribution is -2.43. The lowest BCUT2D eigenvalue weighted by Gasteiger charge is -2.25. The molecule has 0 spiro atoms. The van der Waals surface area contributed by atoms with Crippen molar-refractivity contribution in [1.29, 1.82) is 0 Å². The van der Waals surface area contributed by atoms with Crippen LogP contribution < -0.4 is 5.32 Å². The van der Waals surface area contributed by atoms with Gasteiger partial charge in [-0.15, -0.1) is 0 Å². The molecule has 1 saturated heterocycles. The summed E-state index contributed by atoms with van der Waals surface area (Å²) in [6.45, 7) is 7.00. The van der Waals surface area contributed by atoms with Gasteiger partial charge in [-0.25, -0.2) is 0 Å². The summed E-state index contributed by atoms with van der Waals surface area (Å²) in [4.78, 5) is 26.3. The van der Waals surface area contributed by atoms with Crippen molar-refractivity contribution in [3.63, 3.8) is 0 Å². The van der Waals surface area contributed by atoms with Gasteiger partial charge in [0.25, 0.3) is 0 Å². The van der Waals surface area contributed by atoms with E-state index in [1.54, 1.807) is 0 Å². The van der Waals surface area contributed by atoms with Crippen molar-refractivity contribution in [2.24, 2.45) is 5.41 Å². The smallest absolute Gasteiger partial charge is 0.242 e. The predicted octanol–water partition coefficient (Wildman–Crippen LogP) is 3.16. The highest BCUT2D eigenvalue weighted by atomic mass is 16.2. The lowest BCUT2D eigenvalue weighted by atomic mass is 9.92. The van der Waals surface area contributed by atoms with Gasteiger partial charge in [0.05, 0.1) is 6.54 Å². The summed E-state index contributed by atoms with van der Waals surface area (Å²) < 4.78 is 0. The Morgan fingerprint density at radius 2 is 1.92 bits per heavy atom. The number of carbonyl (C=O) groups excluding carboxylic acids is 2. The number of nitrogens with zero attached hydrogens (tertiary/aromatic N) is 1. The van der Waals surface area contributed by atoms with Crippen LogP contribution >= 0.6 is 0 Å². The van der Waals surface area contributed by atoms with E-state index in [-0.39, 0.29) is 23.8 Å². The van der Waals surface area contributed by atoms with Gasteiger partial charge in [-0.2, -0.15) is 0 Å². The molecule has 1 aliphatic rings. The highest BCUT2D eigenvalue weighted by Gasteiger charge is 2.28. The number of amides is 2. The van der Waals surface area contributed by atoms with E-state index in [0.29, 0.717) is 12.5 Å². The molecule has 0 aromatic heterocycles. The molecule has 1 N–H and O–H groups in total. The maximum Gasteiger partial charge on any atom is 0.242 e. The van der Waals surface area contributed by atoms with E-state index in [9.17, 15) is 9.59 Å². The van der Waals surface area contributed by atoms with E-state index in [1.807, 2.05) is 31.7 Å². The van der Waals surface area contributed by atoms with Crippen LogP contribution in [0.15, 0.2) is 30.3 Å². The number of benzene rings is 1. The second-order valence-corrected chi connectivity index (χ2v) is 7.92. The first kappa shape index (κ1) is 18.5. The van der Waals surface area contributed by atoms with Gasteiger partial charge in [0.1, 0.15) is 0 Å². The topological polar surface area (TPSA) is 49.4 Å². The molecule has 0 saturated carbocycles. The number of nitrogens with one attached hydrogen (secondary N) is 1. The zero-order valence-electron chi connectivity index (χ0n) is 15.2. The molecule has 1 aromatic carbocycles. The Morgan fingerprint density at radius 1 is 1.21 bits per heavy atom. The Hall–Kier alpha value is -1.84. The average Bonchev–Trinajstić information content (AvgIpc) is 2.98. The molecule has 1 aliphatic heterocycles. The zero-order valence-corrected chi connectivity index (χ0v) is 15.2. The second-order valence-electron chi connectivity index (χ2n) is 7.92. The molecule has 0 bridgehead atoms. The monoisotopic (exact) mass is 330 g/mol. The standard InChI is InChI=1S/C20H30N2O2/c1-20(2,3)14-18(23)21-15-19(24)22-13-7-10-17(22)12-11-16-8-5-4-6-9-16/h4-6,8-9,17H,7,10-15H2,1-3H3,(H,21,23). The first-order chi connectivity index (χ1) is 11.3. The third-order valence-corrected chi connectivity index (χ3v) is 4.43.